The SMILES string of the molecule is O=P([O-])([O-])C(F)(F)P(=O)([O-])[O-]. The van der Waals surface area contributed by atoms with E-state index >= 15 is 0 Å². The van der Waals surface area contributed by atoms with E-state index in [1.807, 2.05) is 0 Å². The molecule has 10 heteroatoms. The topological polar surface area (TPSA) is 126 Å². The van der Waals surface area contributed by atoms with Gasteiger partial charge in [0, 0.05) is 15.2 Å². The zero-order valence-corrected chi connectivity index (χ0v) is 6.39. The molecular weight excluding hydrogens is 208 g/mol. The van der Waals surface area contributed by atoms with Crippen molar-refractivity contribution in [3.8, 4) is 0 Å². The highest BCUT2D eigenvalue weighted by Crippen LogP contribution is 2.62. The summed E-state index contributed by atoms with van der Waals surface area (Å²) < 4.78 is 42.2. The van der Waals surface area contributed by atoms with E-state index in [1.165, 1.54) is 0 Å². The van der Waals surface area contributed by atoms with E-state index in [9.17, 15) is 37.5 Å². The summed E-state index contributed by atoms with van der Waals surface area (Å²) in [4.78, 5) is 37.8. The van der Waals surface area contributed by atoms with Crippen LogP contribution in [0.4, 0.5) is 8.78 Å². The van der Waals surface area contributed by atoms with E-state index in [-0.39, 0.29) is 0 Å². The van der Waals surface area contributed by atoms with Crippen molar-refractivity contribution in [1.82, 2.24) is 0 Å². The second kappa shape index (κ2) is 2.58. The van der Waals surface area contributed by atoms with Gasteiger partial charge < -0.3 is 28.7 Å². The monoisotopic (exact) mass is 208 g/mol. The van der Waals surface area contributed by atoms with Gasteiger partial charge in [0.1, 0.15) is 0 Å². The predicted octanol–water partition coefficient (Wildman–Crippen LogP) is -2.64. The van der Waals surface area contributed by atoms with Crippen LogP contribution < -0.4 is 19.6 Å². The minimum Gasteiger partial charge on any atom is -0.806 e. The summed E-state index contributed by atoms with van der Waals surface area (Å²) in [5.74, 6) is 0. The lowest BCUT2D eigenvalue weighted by Gasteiger charge is -2.48. The van der Waals surface area contributed by atoms with Crippen LogP contribution in [0.5, 0.6) is 0 Å². The van der Waals surface area contributed by atoms with E-state index in [4.69, 9.17) is 0 Å². The molecule has 0 saturated heterocycles. The summed E-state index contributed by atoms with van der Waals surface area (Å²) in [6.07, 6.45) is 0. The standard InChI is InChI=1S/CH4F2O6P2/c2-1(3,10(4,5)6)11(7,8)9/h(H2,4,5,6)(H2,7,8,9)/p-4. The Morgan fingerprint density at radius 3 is 1.09 bits per heavy atom. The highest BCUT2D eigenvalue weighted by Gasteiger charge is 2.37. The molecule has 0 aliphatic carbocycles. The zero-order valence-electron chi connectivity index (χ0n) is 4.60. The summed E-state index contributed by atoms with van der Waals surface area (Å²) in [6.45, 7) is 0. The van der Waals surface area contributed by atoms with Crippen molar-refractivity contribution in [2.45, 2.75) is 5.40 Å². The van der Waals surface area contributed by atoms with E-state index in [1.54, 1.807) is 0 Å². The van der Waals surface area contributed by atoms with Crippen LogP contribution in [-0.4, -0.2) is 5.40 Å². The van der Waals surface area contributed by atoms with E-state index in [0.29, 0.717) is 0 Å². The second-order valence-electron chi connectivity index (χ2n) is 1.50. The maximum Gasteiger partial charge on any atom is 0.295 e. The van der Waals surface area contributed by atoms with Crippen LogP contribution in [0.15, 0.2) is 0 Å². The summed E-state index contributed by atoms with van der Waals surface area (Å²) in [5, 5.41) is -5.74. The molecule has 6 nitrogen and oxygen atoms in total. The highest BCUT2D eigenvalue weighted by molar-refractivity contribution is 7.68. The molecular formula is CF2O6P2-4. The van der Waals surface area contributed by atoms with Crippen LogP contribution in [0.3, 0.4) is 0 Å². The van der Waals surface area contributed by atoms with Gasteiger partial charge in [-0.25, -0.2) is 0 Å². The minimum absolute atomic E-state index is 5.74. The maximum absolute atomic E-state index is 11.7. The molecule has 0 spiro atoms. The normalized spacial score (nSPS) is 15.1. The number of alkyl halides is 2. The van der Waals surface area contributed by atoms with E-state index < -0.39 is 20.6 Å². The van der Waals surface area contributed by atoms with Crippen molar-refractivity contribution in [2.24, 2.45) is 0 Å². The number of hydrogen-bond acceptors (Lipinski definition) is 6. The Labute approximate surface area is 59.2 Å². The number of hydrogen-bond donors (Lipinski definition) is 0. The largest absolute Gasteiger partial charge is 0.806 e. The molecule has 11 heavy (non-hydrogen) atoms. The first-order chi connectivity index (χ1) is 4.50. The van der Waals surface area contributed by atoms with Gasteiger partial charge >= 0.3 is 0 Å². The Hall–Kier alpha value is 0.160. The average molecular weight is 208 g/mol. The predicted molar refractivity (Wildman–Crippen MR) is 20.2 cm³/mol. The third-order valence-corrected chi connectivity index (χ3v) is 3.45. The Kier molecular flexibility index (Phi) is 2.62. The lowest BCUT2D eigenvalue weighted by molar-refractivity contribution is -0.352. The van der Waals surface area contributed by atoms with Crippen LogP contribution in [-0.2, 0) is 9.13 Å². The fraction of sp³-hybridized carbons (Fsp3) is 1.00. The molecule has 0 heterocycles. The Morgan fingerprint density at radius 2 is 1.09 bits per heavy atom. The van der Waals surface area contributed by atoms with Crippen molar-refractivity contribution < 1.29 is 37.5 Å². The molecule has 0 aromatic rings. The van der Waals surface area contributed by atoms with Crippen molar-refractivity contribution in [3.05, 3.63) is 0 Å². The Balaban J connectivity index is 5.08. The van der Waals surface area contributed by atoms with Crippen LogP contribution in [0, 0.1) is 0 Å². The third kappa shape index (κ3) is 2.05. The van der Waals surface area contributed by atoms with Crippen LogP contribution in [0.1, 0.15) is 0 Å². The first kappa shape index (κ1) is 11.2. The van der Waals surface area contributed by atoms with E-state index in [2.05, 4.69) is 0 Å². The van der Waals surface area contributed by atoms with Crippen molar-refractivity contribution in [3.63, 3.8) is 0 Å². The van der Waals surface area contributed by atoms with Gasteiger partial charge in [-0.15, -0.1) is 0 Å². The lowest BCUT2D eigenvalue weighted by Crippen LogP contribution is -2.39. The summed E-state index contributed by atoms with van der Waals surface area (Å²) in [6, 6.07) is 0. The molecule has 0 radical (unpaired) electrons. The molecule has 0 fully saturated rings. The number of halogens is 2. The van der Waals surface area contributed by atoms with E-state index in [0.717, 1.165) is 0 Å². The van der Waals surface area contributed by atoms with Crippen molar-refractivity contribution in [1.29, 1.82) is 0 Å². The van der Waals surface area contributed by atoms with Crippen LogP contribution in [0.2, 0.25) is 0 Å². The fourth-order valence-electron chi connectivity index (χ4n) is 0.150. The minimum atomic E-state index is -6.71. The molecule has 0 bridgehead atoms. The van der Waals surface area contributed by atoms with Gasteiger partial charge in [0.25, 0.3) is 5.40 Å². The van der Waals surface area contributed by atoms with Gasteiger partial charge in [-0.2, -0.15) is 8.78 Å². The molecule has 0 rings (SSSR count). The lowest BCUT2D eigenvalue weighted by atomic mass is 11.6. The van der Waals surface area contributed by atoms with Crippen molar-refractivity contribution in [2.75, 3.05) is 0 Å². The average Bonchev–Trinajstić information content (AvgIpc) is 1.58. The Morgan fingerprint density at radius 1 is 0.909 bits per heavy atom. The van der Waals surface area contributed by atoms with Gasteiger partial charge in [0.2, 0.25) is 0 Å². The molecule has 0 aromatic heterocycles. The molecule has 0 N–H and O–H groups in total. The summed E-state index contributed by atoms with van der Waals surface area (Å²) in [5.41, 5.74) is 0. The van der Waals surface area contributed by atoms with Crippen molar-refractivity contribution >= 4 is 15.2 Å². The van der Waals surface area contributed by atoms with Gasteiger partial charge in [0.05, 0.1) is 0 Å². The zero-order chi connectivity index (χ0) is 9.50. The maximum atomic E-state index is 11.7. The second-order valence-corrected chi connectivity index (χ2v) is 4.97. The van der Waals surface area contributed by atoms with Crippen LogP contribution in [0.25, 0.3) is 0 Å². The first-order valence-corrected chi connectivity index (χ1v) is 5.01. The Bertz CT molecular complexity index is 211. The first-order valence-electron chi connectivity index (χ1n) is 1.92. The van der Waals surface area contributed by atoms with Gasteiger partial charge in [-0.05, 0) is 0 Å². The van der Waals surface area contributed by atoms with Gasteiger partial charge in [-0.1, -0.05) is 0 Å². The van der Waals surface area contributed by atoms with Crippen LogP contribution >= 0.6 is 15.2 Å². The molecule has 0 aromatic carbocycles. The third-order valence-electron chi connectivity index (χ3n) is 0.659. The summed E-state index contributed by atoms with van der Waals surface area (Å²) in [7, 11) is -13.4. The van der Waals surface area contributed by atoms with Gasteiger partial charge in [-0.3, -0.25) is 0 Å². The molecule has 0 saturated carbocycles. The summed E-state index contributed by atoms with van der Waals surface area (Å²) >= 11 is 0. The fourth-order valence-corrected chi connectivity index (χ4v) is 1.35. The molecule has 0 atom stereocenters. The molecule has 0 aliphatic rings. The quantitative estimate of drug-likeness (QED) is 0.456. The highest BCUT2D eigenvalue weighted by atomic mass is 31.2. The molecule has 0 amide bonds. The smallest absolute Gasteiger partial charge is 0.295 e. The molecule has 0 unspecified atom stereocenters. The van der Waals surface area contributed by atoms with Gasteiger partial charge in [0.15, 0.2) is 0 Å². The number of rotatable bonds is 2. The molecule has 68 valence electrons. The molecule has 0 aliphatic heterocycles.